The Morgan fingerprint density at radius 3 is 2.56 bits per heavy atom. The highest BCUT2D eigenvalue weighted by Gasteiger charge is 2.49. The predicted molar refractivity (Wildman–Crippen MR) is 101 cm³/mol. The van der Waals surface area contributed by atoms with Crippen molar-refractivity contribution in [3.05, 3.63) is 53.6 Å². The number of phenols is 1. The number of hydrogen-bond acceptors (Lipinski definition) is 4. The van der Waals surface area contributed by atoms with Crippen molar-refractivity contribution >= 4 is 6.03 Å². The summed E-state index contributed by atoms with van der Waals surface area (Å²) in [5, 5.41) is 15.9. The van der Waals surface area contributed by atoms with Crippen molar-refractivity contribution in [3.8, 4) is 17.2 Å². The molecule has 2 atom stereocenters. The Labute approximate surface area is 158 Å². The Morgan fingerprint density at radius 1 is 1.15 bits per heavy atom. The van der Waals surface area contributed by atoms with Crippen LogP contribution in [0.4, 0.5) is 4.79 Å². The maximum Gasteiger partial charge on any atom is 0.318 e. The van der Waals surface area contributed by atoms with E-state index in [1.54, 1.807) is 19.2 Å². The van der Waals surface area contributed by atoms with Crippen LogP contribution in [0.3, 0.4) is 0 Å². The third-order valence-corrected chi connectivity index (χ3v) is 5.25. The topological polar surface area (TPSA) is 79.8 Å². The molecule has 0 unspecified atom stereocenters. The highest BCUT2D eigenvalue weighted by atomic mass is 16.5. The Bertz CT molecular complexity index is 878. The van der Waals surface area contributed by atoms with E-state index in [9.17, 15) is 9.90 Å². The fourth-order valence-electron chi connectivity index (χ4n) is 4.26. The van der Waals surface area contributed by atoms with Crippen LogP contribution in [0.2, 0.25) is 0 Å². The maximum atomic E-state index is 12.3. The third-order valence-electron chi connectivity index (χ3n) is 5.25. The molecule has 4 rings (SSSR count). The number of benzene rings is 2. The van der Waals surface area contributed by atoms with Crippen molar-refractivity contribution < 1.29 is 19.4 Å². The molecule has 0 bridgehead atoms. The summed E-state index contributed by atoms with van der Waals surface area (Å²) in [6.07, 6.45) is 1.21. The molecule has 2 aromatic carbocycles. The van der Waals surface area contributed by atoms with E-state index in [4.69, 9.17) is 9.47 Å². The van der Waals surface area contributed by atoms with Gasteiger partial charge in [-0.3, -0.25) is 0 Å². The first-order valence-electron chi connectivity index (χ1n) is 9.05. The average molecular weight is 368 g/mol. The van der Waals surface area contributed by atoms with Crippen LogP contribution in [0.5, 0.6) is 17.2 Å². The van der Waals surface area contributed by atoms with Gasteiger partial charge in [0.15, 0.2) is 5.72 Å². The molecule has 0 radical (unpaired) electrons. The van der Waals surface area contributed by atoms with E-state index < -0.39 is 11.3 Å². The minimum absolute atomic E-state index is 0.0226. The van der Waals surface area contributed by atoms with Gasteiger partial charge in [0.25, 0.3) is 0 Å². The fraction of sp³-hybridized carbons (Fsp3) is 0.381. The molecule has 1 spiro atoms. The molecule has 2 aromatic rings. The monoisotopic (exact) mass is 368 g/mol. The molecular weight excluding hydrogens is 344 g/mol. The quantitative estimate of drug-likeness (QED) is 0.758. The lowest BCUT2D eigenvalue weighted by molar-refractivity contribution is -0.0236. The van der Waals surface area contributed by atoms with Crippen molar-refractivity contribution in [1.82, 2.24) is 10.6 Å². The molecule has 2 amide bonds. The second kappa shape index (κ2) is 6.08. The molecule has 6 heteroatoms. The number of urea groups is 1. The number of methoxy groups -OCH3 is 1. The number of ether oxygens (including phenoxy) is 2. The van der Waals surface area contributed by atoms with Gasteiger partial charge in [0, 0.05) is 35.9 Å². The minimum Gasteiger partial charge on any atom is -0.508 e. The van der Waals surface area contributed by atoms with E-state index in [0.29, 0.717) is 18.6 Å². The van der Waals surface area contributed by atoms with Gasteiger partial charge in [0.2, 0.25) is 0 Å². The van der Waals surface area contributed by atoms with Crippen LogP contribution in [0, 0.1) is 0 Å². The second-order valence-corrected chi connectivity index (χ2v) is 7.99. The first-order chi connectivity index (χ1) is 12.8. The third kappa shape index (κ3) is 3.27. The number of nitrogens with one attached hydrogen (secondary N) is 2. The maximum absolute atomic E-state index is 12.3. The van der Waals surface area contributed by atoms with Crippen molar-refractivity contribution in [3.63, 3.8) is 0 Å². The summed E-state index contributed by atoms with van der Waals surface area (Å²) in [6, 6.07) is 12.9. The molecule has 1 fully saturated rings. The summed E-state index contributed by atoms with van der Waals surface area (Å²) in [7, 11) is 1.64. The molecule has 142 valence electrons. The van der Waals surface area contributed by atoms with E-state index in [0.717, 1.165) is 16.9 Å². The van der Waals surface area contributed by atoms with Gasteiger partial charge >= 0.3 is 6.03 Å². The molecule has 0 saturated carbocycles. The summed E-state index contributed by atoms with van der Waals surface area (Å²) in [5.41, 5.74) is 0.864. The van der Waals surface area contributed by atoms with Crippen molar-refractivity contribution in [2.75, 3.05) is 7.11 Å². The summed E-state index contributed by atoms with van der Waals surface area (Å²) < 4.78 is 11.6. The van der Waals surface area contributed by atoms with E-state index in [1.807, 2.05) is 44.2 Å². The van der Waals surface area contributed by atoms with Gasteiger partial charge in [-0.15, -0.1) is 0 Å². The lowest BCUT2D eigenvalue weighted by atomic mass is 9.77. The molecule has 27 heavy (non-hydrogen) atoms. The van der Waals surface area contributed by atoms with Gasteiger partial charge in [-0.25, -0.2) is 4.79 Å². The van der Waals surface area contributed by atoms with Crippen molar-refractivity contribution in [2.24, 2.45) is 0 Å². The van der Waals surface area contributed by atoms with E-state index in [-0.39, 0.29) is 17.7 Å². The molecular formula is C21H24N2O4. The lowest BCUT2D eigenvalue weighted by Crippen LogP contribution is -2.69. The number of carbonyl (C=O) groups excluding carboxylic acids is 1. The fourth-order valence-corrected chi connectivity index (χ4v) is 4.26. The average Bonchev–Trinajstić information content (AvgIpc) is 2.58. The van der Waals surface area contributed by atoms with E-state index in [1.165, 1.54) is 0 Å². The van der Waals surface area contributed by atoms with Crippen molar-refractivity contribution in [2.45, 2.75) is 43.9 Å². The summed E-state index contributed by atoms with van der Waals surface area (Å²) in [6.45, 7) is 3.97. The van der Waals surface area contributed by atoms with Crippen LogP contribution in [-0.4, -0.2) is 29.5 Å². The van der Waals surface area contributed by atoms with Crippen LogP contribution in [-0.2, 0) is 0 Å². The molecule has 0 aliphatic carbocycles. The molecule has 3 N–H and O–H groups in total. The predicted octanol–water partition coefficient (Wildman–Crippen LogP) is 3.49. The molecule has 1 saturated heterocycles. The van der Waals surface area contributed by atoms with E-state index >= 15 is 0 Å². The molecule has 2 heterocycles. The summed E-state index contributed by atoms with van der Waals surface area (Å²) >= 11 is 0. The van der Waals surface area contributed by atoms with Crippen LogP contribution in [0.1, 0.15) is 43.7 Å². The minimum atomic E-state index is -0.836. The largest absolute Gasteiger partial charge is 0.508 e. The Balaban J connectivity index is 1.79. The van der Waals surface area contributed by atoms with Crippen LogP contribution >= 0.6 is 0 Å². The van der Waals surface area contributed by atoms with Crippen LogP contribution in [0.25, 0.3) is 0 Å². The highest BCUT2D eigenvalue weighted by Crippen LogP contribution is 2.47. The normalized spacial score (nSPS) is 25.7. The zero-order valence-corrected chi connectivity index (χ0v) is 15.7. The van der Waals surface area contributed by atoms with Gasteiger partial charge < -0.3 is 25.2 Å². The van der Waals surface area contributed by atoms with Gasteiger partial charge in [0.1, 0.15) is 17.2 Å². The van der Waals surface area contributed by atoms with Crippen LogP contribution in [0.15, 0.2) is 42.5 Å². The first-order valence-corrected chi connectivity index (χ1v) is 9.05. The number of hydrogen-bond donors (Lipinski definition) is 3. The van der Waals surface area contributed by atoms with Gasteiger partial charge in [0.05, 0.1) is 7.11 Å². The Kier molecular flexibility index (Phi) is 3.94. The standard InChI is InChI=1S/C21H24N2O4/c1-20(2)12-21(23-19(25)22-20)11-17(13-4-7-15(26-3)8-5-13)16-9-6-14(24)10-18(16)27-21/h4-10,17,24H,11-12H2,1-3H3,(H2,22,23,25)/t17-,21+/m0/s1. The number of amides is 2. The van der Waals surface area contributed by atoms with Gasteiger partial charge in [-0.05, 0) is 37.6 Å². The zero-order valence-electron chi connectivity index (χ0n) is 15.7. The number of carbonyl (C=O) groups is 1. The smallest absolute Gasteiger partial charge is 0.318 e. The number of aromatic hydroxyl groups is 1. The number of fused-ring (bicyclic) bond motifs is 1. The highest BCUT2D eigenvalue weighted by molar-refractivity contribution is 5.77. The van der Waals surface area contributed by atoms with E-state index in [2.05, 4.69) is 10.6 Å². The molecule has 2 aliphatic rings. The lowest BCUT2D eigenvalue weighted by Gasteiger charge is -2.49. The molecule has 0 aromatic heterocycles. The summed E-state index contributed by atoms with van der Waals surface area (Å²) in [5.74, 6) is 1.55. The first kappa shape index (κ1) is 17.5. The van der Waals surface area contributed by atoms with Crippen LogP contribution < -0.4 is 20.1 Å². The molecule has 6 nitrogen and oxygen atoms in total. The second-order valence-electron chi connectivity index (χ2n) is 7.99. The molecule has 2 aliphatic heterocycles. The zero-order chi connectivity index (χ0) is 19.2. The number of rotatable bonds is 2. The van der Waals surface area contributed by atoms with Gasteiger partial charge in [-0.1, -0.05) is 18.2 Å². The van der Waals surface area contributed by atoms with Crippen molar-refractivity contribution in [1.29, 1.82) is 0 Å². The SMILES string of the molecule is COc1ccc([C@@H]2C[C@]3(CC(C)(C)NC(=O)N3)Oc3cc(O)ccc32)cc1. The summed E-state index contributed by atoms with van der Waals surface area (Å²) in [4.78, 5) is 12.3. The Morgan fingerprint density at radius 2 is 1.89 bits per heavy atom. The number of phenolic OH excluding ortho intramolecular Hbond substituents is 1. The van der Waals surface area contributed by atoms with Gasteiger partial charge in [-0.2, -0.15) is 0 Å². The Hall–Kier alpha value is -2.89.